The van der Waals surface area contributed by atoms with E-state index in [1.165, 1.54) is 0 Å². The summed E-state index contributed by atoms with van der Waals surface area (Å²) in [6, 6.07) is 1.84. The van der Waals surface area contributed by atoms with Gasteiger partial charge in [0, 0.05) is 26.3 Å². The van der Waals surface area contributed by atoms with E-state index in [-0.39, 0.29) is 0 Å². The zero-order valence-corrected chi connectivity index (χ0v) is 10.7. The molecule has 1 aliphatic rings. The molecule has 1 N–H and O–H groups in total. The van der Waals surface area contributed by atoms with Crippen LogP contribution in [0.1, 0.15) is 5.56 Å². The summed E-state index contributed by atoms with van der Waals surface area (Å²) in [5.41, 5.74) is 0.999. The van der Waals surface area contributed by atoms with Crippen LogP contribution in [0.3, 0.4) is 0 Å². The van der Waals surface area contributed by atoms with E-state index in [0.29, 0.717) is 17.4 Å². The maximum Gasteiger partial charge on any atom is 0.232 e. The van der Waals surface area contributed by atoms with Gasteiger partial charge in [-0.3, -0.25) is 4.99 Å². The van der Waals surface area contributed by atoms with Crippen LogP contribution in [0.15, 0.2) is 17.3 Å². The summed E-state index contributed by atoms with van der Waals surface area (Å²) < 4.78 is 5.00. The summed E-state index contributed by atoms with van der Waals surface area (Å²) in [6.07, 6.45) is 1.74. The Kier molecular flexibility index (Phi) is 3.68. The lowest BCUT2D eigenvalue weighted by Gasteiger charge is -2.15. The van der Waals surface area contributed by atoms with Crippen molar-refractivity contribution in [3.05, 3.63) is 22.8 Å². The Balaban J connectivity index is 1.97. The molecule has 0 spiro atoms. The van der Waals surface area contributed by atoms with Crippen molar-refractivity contribution in [2.24, 2.45) is 4.99 Å². The minimum absolute atomic E-state index is 0.450. The Morgan fingerprint density at radius 3 is 3.00 bits per heavy atom. The second-order valence-electron chi connectivity index (χ2n) is 3.82. The molecular weight excluding hydrogens is 240 g/mol. The predicted molar refractivity (Wildman–Crippen MR) is 67.6 cm³/mol. The quantitative estimate of drug-likeness (QED) is 0.879. The number of hydrogen-bond donors (Lipinski definition) is 1. The Morgan fingerprint density at radius 2 is 2.41 bits per heavy atom. The average molecular weight is 255 g/mol. The largest absolute Gasteiger partial charge is 0.480 e. The van der Waals surface area contributed by atoms with Crippen molar-refractivity contribution in [1.29, 1.82) is 0 Å². The molecule has 2 heterocycles. The minimum Gasteiger partial charge on any atom is -0.480 e. The fourth-order valence-electron chi connectivity index (χ4n) is 1.62. The second-order valence-corrected chi connectivity index (χ2v) is 4.22. The SMILES string of the molecule is COc1ncc(CNC2=NCCN2C)cc1Cl. The summed E-state index contributed by atoms with van der Waals surface area (Å²) in [6.45, 7) is 2.46. The van der Waals surface area contributed by atoms with Gasteiger partial charge >= 0.3 is 0 Å². The van der Waals surface area contributed by atoms with Crippen molar-refractivity contribution in [3.63, 3.8) is 0 Å². The van der Waals surface area contributed by atoms with Crippen molar-refractivity contribution in [3.8, 4) is 5.88 Å². The van der Waals surface area contributed by atoms with Crippen LogP contribution in [0, 0.1) is 0 Å². The molecule has 1 aromatic rings. The number of hydrogen-bond acceptors (Lipinski definition) is 5. The summed E-state index contributed by atoms with van der Waals surface area (Å²) >= 11 is 6.00. The maximum absolute atomic E-state index is 6.00. The lowest BCUT2D eigenvalue weighted by atomic mass is 10.3. The highest BCUT2D eigenvalue weighted by Gasteiger charge is 2.11. The third-order valence-corrected chi connectivity index (χ3v) is 2.84. The van der Waals surface area contributed by atoms with E-state index in [2.05, 4.69) is 20.2 Å². The van der Waals surface area contributed by atoms with Gasteiger partial charge in [0.05, 0.1) is 13.7 Å². The Labute approximate surface area is 105 Å². The van der Waals surface area contributed by atoms with Gasteiger partial charge < -0.3 is 15.0 Å². The van der Waals surface area contributed by atoms with E-state index in [1.54, 1.807) is 13.3 Å². The third-order valence-electron chi connectivity index (χ3n) is 2.57. The van der Waals surface area contributed by atoms with Gasteiger partial charge in [0.15, 0.2) is 5.96 Å². The lowest BCUT2D eigenvalue weighted by molar-refractivity contribution is 0.398. The maximum atomic E-state index is 6.00. The standard InChI is InChI=1S/C11H15ClN4O/c1-16-4-3-13-11(16)15-7-8-5-9(12)10(17-2)14-6-8/h5-6H,3-4,7H2,1-2H3,(H,13,15). The molecular formula is C11H15ClN4O. The number of ether oxygens (including phenoxy) is 1. The molecule has 0 fully saturated rings. The molecule has 0 unspecified atom stereocenters. The fraction of sp³-hybridized carbons (Fsp3) is 0.455. The second kappa shape index (κ2) is 5.23. The highest BCUT2D eigenvalue weighted by Crippen LogP contribution is 2.21. The smallest absolute Gasteiger partial charge is 0.232 e. The van der Waals surface area contributed by atoms with Gasteiger partial charge in [0.1, 0.15) is 5.02 Å². The number of rotatable bonds is 3. The van der Waals surface area contributed by atoms with Crippen LogP contribution in [-0.2, 0) is 6.54 Å². The number of nitrogens with zero attached hydrogens (tertiary/aromatic N) is 3. The number of likely N-dealkylation sites (N-methyl/N-ethyl adjacent to an activating group) is 1. The molecule has 1 aliphatic heterocycles. The summed E-state index contributed by atoms with van der Waals surface area (Å²) in [5, 5.41) is 3.77. The van der Waals surface area contributed by atoms with Crippen molar-refractivity contribution in [2.75, 3.05) is 27.2 Å². The fourth-order valence-corrected chi connectivity index (χ4v) is 1.88. The monoisotopic (exact) mass is 254 g/mol. The first-order valence-electron chi connectivity index (χ1n) is 5.38. The molecule has 0 saturated heterocycles. The minimum atomic E-state index is 0.450. The first kappa shape index (κ1) is 12.0. The molecule has 0 aromatic carbocycles. The van der Waals surface area contributed by atoms with Crippen LogP contribution >= 0.6 is 11.6 Å². The zero-order chi connectivity index (χ0) is 12.3. The highest BCUT2D eigenvalue weighted by molar-refractivity contribution is 6.31. The number of guanidine groups is 1. The van der Waals surface area contributed by atoms with Crippen molar-refractivity contribution in [1.82, 2.24) is 15.2 Å². The van der Waals surface area contributed by atoms with Gasteiger partial charge in [-0.05, 0) is 11.6 Å². The third kappa shape index (κ3) is 2.79. The van der Waals surface area contributed by atoms with Crippen LogP contribution in [-0.4, -0.2) is 43.1 Å². The molecule has 0 aliphatic carbocycles. The molecule has 92 valence electrons. The lowest BCUT2D eigenvalue weighted by Crippen LogP contribution is -2.35. The molecule has 0 bridgehead atoms. The van der Waals surface area contributed by atoms with E-state index >= 15 is 0 Å². The van der Waals surface area contributed by atoms with Crippen LogP contribution in [0.2, 0.25) is 5.02 Å². The van der Waals surface area contributed by atoms with Crippen LogP contribution in [0.4, 0.5) is 0 Å². The van der Waals surface area contributed by atoms with Gasteiger partial charge in [0.25, 0.3) is 0 Å². The van der Waals surface area contributed by atoms with Crippen molar-refractivity contribution < 1.29 is 4.74 Å². The van der Waals surface area contributed by atoms with Gasteiger partial charge in [0.2, 0.25) is 5.88 Å². The summed E-state index contributed by atoms with van der Waals surface area (Å²) in [5.74, 6) is 1.36. The van der Waals surface area contributed by atoms with E-state index < -0.39 is 0 Å². The summed E-state index contributed by atoms with van der Waals surface area (Å²) in [4.78, 5) is 10.5. The summed E-state index contributed by atoms with van der Waals surface area (Å²) in [7, 11) is 3.56. The Morgan fingerprint density at radius 1 is 1.59 bits per heavy atom. The molecule has 2 rings (SSSR count). The highest BCUT2D eigenvalue weighted by atomic mass is 35.5. The number of pyridine rings is 1. The molecule has 0 radical (unpaired) electrons. The van der Waals surface area contributed by atoms with Gasteiger partial charge in [-0.2, -0.15) is 0 Å². The number of nitrogens with one attached hydrogen (secondary N) is 1. The zero-order valence-electron chi connectivity index (χ0n) is 9.90. The van der Waals surface area contributed by atoms with Crippen LogP contribution in [0.25, 0.3) is 0 Å². The number of aliphatic imine (C=N–C) groups is 1. The molecule has 6 heteroatoms. The van der Waals surface area contributed by atoms with E-state index in [9.17, 15) is 0 Å². The van der Waals surface area contributed by atoms with Crippen LogP contribution < -0.4 is 10.1 Å². The van der Waals surface area contributed by atoms with E-state index in [1.807, 2.05) is 13.1 Å². The van der Waals surface area contributed by atoms with Crippen molar-refractivity contribution >= 4 is 17.6 Å². The number of halogens is 1. The van der Waals surface area contributed by atoms with Gasteiger partial charge in [-0.25, -0.2) is 4.98 Å². The molecule has 5 nitrogen and oxygen atoms in total. The van der Waals surface area contributed by atoms with Crippen LogP contribution in [0.5, 0.6) is 5.88 Å². The predicted octanol–water partition coefficient (Wildman–Crippen LogP) is 1.13. The molecule has 1 aromatic heterocycles. The van der Waals surface area contributed by atoms with E-state index in [4.69, 9.17) is 16.3 Å². The first-order chi connectivity index (χ1) is 8.20. The first-order valence-corrected chi connectivity index (χ1v) is 5.76. The number of methoxy groups -OCH3 is 1. The molecule has 0 amide bonds. The van der Waals surface area contributed by atoms with E-state index in [0.717, 1.165) is 24.6 Å². The number of aromatic nitrogens is 1. The van der Waals surface area contributed by atoms with Gasteiger partial charge in [-0.1, -0.05) is 11.6 Å². The Bertz CT molecular complexity index is 435. The average Bonchev–Trinajstić information content (AvgIpc) is 2.72. The normalized spacial score (nSPS) is 14.8. The topological polar surface area (TPSA) is 49.8 Å². The molecule has 0 saturated carbocycles. The molecule has 0 atom stereocenters. The van der Waals surface area contributed by atoms with Crippen molar-refractivity contribution in [2.45, 2.75) is 6.54 Å². The molecule has 17 heavy (non-hydrogen) atoms. The van der Waals surface area contributed by atoms with Gasteiger partial charge in [-0.15, -0.1) is 0 Å². The Hall–Kier alpha value is -1.49.